The van der Waals surface area contributed by atoms with Gasteiger partial charge < -0.3 is 5.32 Å². The van der Waals surface area contributed by atoms with Crippen molar-refractivity contribution in [2.75, 3.05) is 0 Å². The number of nitrogens with one attached hydrogen (secondary N) is 1. The lowest BCUT2D eigenvalue weighted by atomic mass is 9.99. The third-order valence-corrected chi connectivity index (χ3v) is 3.25. The monoisotopic (exact) mass is 220 g/mol. The Labute approximate surface area is 97.0 Å². The Bertz CT molecular complexity index is 310. The molecule has 2 aliphatic rings. The van der Waals surface area contributed by atoms with Gasteiger partial charge in [-0.1, -0.05) is 12.5 Å². The maximum Gasteiger partial charge on any atom is 0.345 e. The van der Waals surface area contributed by atoms with Gasteiger partial charge in [0.05, 0.1) is 0 Å². The van der Waals surface area contributed by atoms with Gasteiger partial charge in [0.2, 0.25) is 0 Å². The van der Waals surface area contributed by atoms with Crippen molar-refractivity contribution in [1.29, 1.82) is 0 Å². The summed E-state index contributed by atoms with van der Waals surface area (Å²) in [7, 11) is 0. The molecule has 0 aromatic rings. The standard InChI is InChI=1S/C13H20N2O/c16-13(14-11-7-3-1-4-8-11)15-12-9-5-2-6-10-12/h7H,1-6,8-10H2,(H,14,16). The normalized spacial score (nSPS) is 21.2. The molecule has 16 heavy (non-hydrogen) atoms. The smallest absolute Gasteiger partial charge is 0.310 e. The van der Waals surface area contributed by atoms with Crippen LogP contribution < -0.4 is 5.32 Å². The minimum Gasteiger partial charge on any atom is -0.310 e. The molecule has 0 aliphatic heterocycles. The minimum atomic E-state index is -0.162. The van der Waals surface area contributed by atoms with E-state index in [2.05, 4.69) is 16.4 Å². The lowest BCUT2D eigenvalue weighted by Gasteiger charge is -2.14. The quantitative estimate of drug-likeness (QED) is 0.721. The molecule has 1 saturated carbocycles. The third kappa shape index (κ3) is 3.47. The number of hydrogen-bond acceptors (Lipinski definition) is 1. The first-order valence-electron chi connectivity index (χ1n) is 6.41. The zero-order valence-electron chi connectivity index (χ0n) is 9.80. The van der Waals surface area contributed by atoms with Gasteiger partial charge >= 0.3 is 6.03 Å². The number of hydrogen-bond donors (Lipinski definition) is 1. The first-order chi connectivity index (χ1) is 7.84. The Hall–Kier alpha value is -1.12. The van der Waals surface area contributed by atoms with Crippen LogP contribution in [0.25, 0.3) is 0 Å². The van der Waals surface area contributed by atoms with Crippen LogP contribution in [0.15, 0.2) is 16.8 Å². The molecule has 0 aromatic heterocycles. The fourth-order valence-electron chi connectivity index (χ4n) is 2.33. The summed E-state index contributed by atoms with van der Waals surface area (Å²) >= 11 is 0. The van der Waals surface area contributed by atoms with Crippen molar-refractivity contribution in [2.24, 2.45) is 4.99 Å². The number of carbonyl (C=O) groups excluding carboxylic acids is 1. The molecule has 0 atom stereocenters. The highest BCUT2D eigenvalue weighted by Gasteiger charge is 2.10. The van der Waals surface area contributed by atoms with Crippen LogP contribution in [0.5, 0.6) is 0 Å². The molecule has 2 aliphatic carbocycles. The molecule has 88 valence electrons. The van der Waals surface area contributed by atoms with Crippen LogP contribution in [0.1, 0.15) is 57.8 Å². The summed E-state index contributed by atoms with van der Waals surface area (Å²) in [6.45, 7) is 0. The van der Waals surface area contributed by atoms with Gasteiger partial charge in [0.1, 0.15) is 0 Å². The molecule has 0 bridgehead atoms. The zero-order chi connectivity index (χ0) is 11.2. The van der Waals surface area contributed by atoms with Crippen LogP contribution in [0.4, 0.5) is 4.79 Å². The molecule has 1 fully saturated rings. The summed E-state index contributed by atoms with van der Waals surface area (Å²) < 4.78 is 0. The second-order valence-electron chi connectivity index (χ2n) is 4.64. The summed E-state index contributed by atoms with van der Waals surface area (Å²) in [5.74, 6) is 0. The number of amides is 2. The SMILES string of the molecule is O=C(N=C1CCCCC1)NC1=CCCCC1. The van der Waals surface area contributed by atoms with Gasteiger partial charge in [-0.2, -0.15) is 0 Å². The average Bonchev–Trinajstić information content (AvgIpc) is 2.31. The second-order valence-corrected chi connectivity index (χ2v) is 4.64. The number of nitrogens with zero attached hydrogens (tertiary/aromatic N) is 1. The van der Waals surface area contributed by atoms with Crippen molar-refractivity contribution in [1.82, 2.24) is 5.32 Å². The van der Waals surface area contributed by atoms with E-state index in [1.165, 1.54) is 32.1 Å². The number of carbonyl (C=O) groups is 1. The summed E-state index contributed by atoms with van der Waals surface area (Å²) in [6.07, 6.45) is 12.3. The maximum absolute atomic E-state index is 11.6. The van der Waals surface area contributed by atoms with E-state index in [4.69, 9.17) is 0 Å². The molecule has 0 spiro atoms. The second kappa shape index (κ2) is 5.83. The van der Waals surface area contributed by atoms with E-state index in [9.17, 15) is 4.79 Å². The van der Waals surface area contributed by atoms with Gasteiger partial charge in [-0.3, -0.25) is 0 Å². The zero-order valence-corrected chi connectivity index (χ0v) is 9.80. The highest BCUT2D eigenvalue weighted by Crippen LogP contribution is 2.16. The predicted octanol–water partition coefficient (Wildman–Crippen LogP) is 3.56. The van der Waals surface area contributed by atoms with E-state index < -0.39 is 0 Å². The highest BCUT2D eigenvalue weighted by atomic mass is 16.2. The third-order valence-electron chi connectivity index (χ3n) is 3.25. The van der Waals surface area contributed by atoms with Crippen molar-refractivity contribution in [3.8, 4) is 0 Å². The molecular weight excluding hydrogens is 200 g/mol. The molecule has 1 N–H and O–H groups in total. The lowest BCUT2D eigenvalue weighted by molar-refractivity contribution is 0.251. The van der Waals surface area contributed by atoms with Crippen LogP contribution in [0.3, 0.4) is 0 Å². The summed E-state index contributed by atoms with van der Waals surface area (Å²) in [5.41, 5.74) is 2.15. The van der Waals surface area contributed by atoms with Gasteiger partial charge in [0.15, 0.2) is 0 Å². The molecular formula is C13H20N2O. The van der Waals surface area contributed by atoms with Crippen molar-refractivity contribution in [3.05, 3.63) is 11.8 Å². The maximum atomic E-state index is 11.6. The predicted molar refractivity (Wildman–Crippen MR) is 65.6 cm³/mol. The molecule has 3 heteroatoms. The van der Waals surface area contributed by atoms with Gasteiger partial charge in [0.25, 0.3) is 0 Å². The highest BCUT2D eigenvalue weighted by molar-refractivity contribution is 5.95. The van der Waals surface area contributed by atoms with Gasteiger partial charge in [-0.05, 0) is 51.4 Å². The lowest BCUT2D eigenvalue weighted by Crippen LogP contribution is -2.22. The molecule has 2 rings (SSSR count). The Kier molecular flexibility index (Phi) is 4.14. The van der Waals surface area contributed by atoms with Crippen LogP contribution in [0.2, 0.25) is 0 Å². The molecule has 2 amide bonds. The minimum absolute atomic E-state index is 0.162. The molecule has 0 aromatic carbocycles. The molecule has 0 heterocycles. The average molecular weight is 220 g/mol. The van der Waals surface area contributed by atoms with Crippen LogP contribution >= 0.6 is 0 Å². The summed E-state index contributed by atoms with van der Waals surface area (Å²) in [4.78, 5) is 15.8. The number of aliphatic imine (C=N–C) groups is 1. The first-order valence-corrected chi connectivity index (χ1v) is 6.41. The van der Waals surface area contributed by atoms with E-state index in [0.29, 0.717) is 0 Å². The Morgan fingerprint density at radius 1 is 1.06 bits per heavy atom. The largest absolute Gasteiger partial charge is 0.345 e. The topological polar surface area (TPSA) is 41.5 Å². The van der Waals surface area contributed by atoms with Crippen LogP contribution in [0, 0.1) is 0 Å². The van der Waals surface area contributed by atoms with E-state index in [1.54, 1.807) is 0 Å². The van der Waals surface area contributed by atoms with Crippen LogP contribution in [-0.2, 0) is 0 Å². The fraction of sp³-hybridized carbons (Fsp3) is 0.692. The number of rotatable bonds is 1. The van der Waals surface area contributed by atoms with Gasteiger partial charge in [0, 0.05) is 11.4 Å². The molecule has 0 saturated heterocycles. The molecule has 0 radical (unpaired) electrons. The first kappa shape index (κ1) is 11.4. The number of allylic oxidation sites excluding steroid dienone is 2. The van der Waals surface area contributed by atoms with E-state index in [0.717, 1.165) is 37.1 Å². The summed E-state index contributed by atoms with van der Waals surface area (Å²) in [5, 5.41) is 2.90. The van der Waals surface area contributed by atoms with Crippen molar-refractivity contribution >= 4 is 11.7 Å². The van der Waals surface area contributed by atoms with E-state index in [1.807, 2.05) is 0 Å². The van der Waals surface area contributed by atoms with Gasteiger partial charge in [-0.15, -0.1) is 0 Å². The van der Waals surface area contributed by atoms with E-state index in [-0.39, 0.29) is 6.03 Å². The van der Waals surface area contributed by atoms with Crippen LogP contribution in [-0.4, -0.2) is 11.7 Å². The Morgan fingerprint density at radius 3 is 2.50 bits per heavy atom. The van der Waals surface area contributed by atoms with E-state index >= 15 is 0 Å². The van der Waals surface area contributed by atoms with Crippen molar-refractivity contribution in [3.63, 3.8) is 0 Å². The Morgan fingerprint density at radius 2 is 1.81 bits per heavy atom. The molecule has 3 nitrogen and oxygen atoms in total. The number of urea groups is 1. The van der Waals surface area contributed by atoms with Crippen molar-refractivity contribution < 1.29 is 4.79 Å². The fourth-order valence-corrected chi connectivity index (χ4v) is 2.33. The van der Waals surface area contributed by atoms with Gasteiger partial charge in [-0.25, -0.2) is 9.79 Å². The van der Waals surface area contributed by atoms with Crippen molar-refractivity contribution in [2.45, 2.75) is 57.8 Å². The molecule has 0 unspecified atom stereocenters. The Balaban J connectivity index is 1.85. The summed E-state index contributed by atoms with van der Waals surface area (Å²) in [6, 6.07) is -0.162.